The van der Waals surface area contributed by atoms with Crippen molar-refractivity contribution in [2.75, 3.05) is 19.7 Å². The van der Waals surface area contributed by atoms with Crippen LogP contribution in [0.1, 0.15) is 68.1 Å². The van der Waals surface area contributed by atoms with Crippen molar-refractivity contribution in [3.63, 3.8) is 0 Å². The smallest absolute Gasteiger partial charge is 0.416 e. The van der Waals surface area contributed by atoms with Crippen LogP contribution in [0.3, 0.4) is 0 Å². The number of alkyl halides is 3. The molecule has 9 nitrogen and oxygen atoms in total. The number of aromatic nitrogens is 3. The molecule has 1 aromatic carbocycles. The van der Waals surface area contributed by atoms with Gasteiger partial charge in [0.1, 0.15) is 28.9 Å². The predicted molar refractivity (Wildman–Crippen MR) is 146 cm³/mol. The van der Waals surface area contributed by atoms with Gasteiger partial charge in [0, 0.05) is 30.4 Å². The maximum absolute atomic E-state index is 13.6. The molecule has 1 aliphatic carbocycles. The molecule has 0 unspecified atom stereocenters. The van der Waals surface area contributed by atoms with Crippen LogP contribution in [0.5, 0.6) is 5.75 Å². The molecular formula is C29H34F3N5O4. The van der Waals surface area contributed by atoms with E-state index < -0.39 is 17.3 Å². The number of nitrogens with zero attached hydrogens (tertiary/aromatic N) is 3. The molecular weight excluding hydrogens is 539 g/mol. The topological polar surface area (TPSA) is 109 Å². The van der Waals surface area contributed by atoms with E-state index >= 15 is 0 Å². The lowest BCUT2D eigenvalue weighted by Gasteiger charge is -2.33. The quantitative estimate of drug-likeness (QED) is 0.382. The molecule has 1 saturated carbocycles. The average molecular weight is 574 g/mol. The van der Waals surface area contributed by atoms with E-state index in [1.807, 2.05) is 20.8 Å². The fraction of sp³-hybridized carbons (Fsp3) is 0.517. The van der Waals surface area contributed by atoms with E-state index in [-0.39, 0.29) is 29.3 Å². The van der Waals surface area contributed by atoms with Gasteiger partial charge in [-0.1, -0.05) is 0 Å². The highest BCUT2D eigenvalue weighted by atomic mass is 19.4. The first-order chi connectivity index (χ1) is 19.3. The highest BCUT2D eigenvalue weighted by molar-refractivity contribution is 6.09. The second-order valence-electron chi connectivity index (χ2n) is 11.7. The van der Waals surface area contributed by atoms with Gasteiger partial charge in [0.15, 0.2) is 0 Å². The van der Waals surface area contributed by atoms with Gasteiger partial charge in [0.2, 0.25) is 0 Å². The lowest BCUT2D eigenvalue weighted by Crippen LogP contribution is -2.47. The Balaban J connectivity index is 1.39. The number of aryl methyl sites for hydroxylation is 1. The zero-order chi connectivity index (χ0) is 29.5. The molecule has 0 atom stereocenters. The number of hydrogen-bond acceptors (Lipinski definition) is 6. The predicted octanol–water partition coefficient (Wildman–Crippen LogP) is 5.87. The Morgan fingerprint density at radius 1 is 1.10 bits per heavy atom. The van der Waals surface area contributed by atoms with E-state index in [4.69, 9.17) is 9.47 Å². The number of amides is 2. The summed E-state index contributed by atoms with van der Waals surface area (Å²) in [5.41, 5.74) is 0.455. The third kappa shape index (κ3) is 6.57. The van der Waals surface area contributed by atoms with Gasteiger partial charge in [0.05, 0.1) is 23.3 Å². The molecule has 0 spiro atoms. The molecule has 41 heavy (non-hydrogen) atoms. The van der Waals surface area contributed by atoms with E-state index in [9.17, 15) is 22.8 Å². The van der Waals surface area contributed by atoms with Crippen molar-refractivity contribution in [2.45, 2.75) is 71.2 Å². The minimum absolute atomic E-state index is 0.169. The number of piperidine rings is 1. The summed E-state index contributed by atoms with van der Waals surface area (Å²) < 4.78 is 52.2. The summed E-state index contributed by atoms with van der Waals surface area (Å²) in [6, 6.07) is 3.18. The minimum Gasteiger partial charge on any atom is -0.493 e. The molecule has 3 aromatic rings. The molecule has 2 aliphatic rings. The molecule has 220 valence electrons. The Kier molecular flexibility index (Phi) is 7.60. The molecule has 0 bridgehead atoms. The second kappa shape index (κ2) is 10.9. The molecule has 12 heteroatoms. The van der Waals surface area contributed by atoms with Gasteiger partial charge in [0.25, 0.3) is 5.91 Å². The number of aromatic amines is 1. The summed E-state index contributed by atoms with van der Waals surface area (Å²) >= 11 is 0. The van der Waals surface area contributed by atoms with Crippen LogP contribution in [0, 0.1) is 12.8 Å². The number of likely N-dealkylation sites (tertiary alicyclic amines) is 1. The average Bonchev–Trinajstić information content (AvgIpc) is 3.65. The van der Waals surface area contributed by atoms with E-state index in [0.29, 0.717) is 66.5 Å². The Morgan fingerprint density at radius 3 is 2.44 bits per heavy atom. The number of carbonyl (C=O) groups is 2. The third-order valence-electron chi connectivity index (χ3n) is 7.21. The molecule has 1 saturated heterocycles. The van der Waals surface area contributed by atoms with Gasteiger partial charge in [-0.25, -0.2) is 14.8 Å². The molecule has 2 fully saturated rings. The van der Waals surface area contributed by atoms with Crippen molar-refractivity contribution in [1.82, 2.24) is 25.2 Å². The van der Waals surface area contributed by atoms with Crippen molar-refractivity contribution in [2.24, 2.45) is 5.92 Å². The highest BCUT2D eigenvalue weighted by Crippen LogP contribution is 2.40. The Labute approximate surface area is 235 Å². The van der Waals surface area contributed by atoms with E-state index in [1.165, 1.54) is 12.4 Å². The number of benzene rings is 1. The lowest BCUT2D eigenvalue weighted by atomic mass is 10.0. The number of halogens is 3. The highest BCUT2D eigenvalue weighted by Gasteiger charge is 2.33. The summed E-state index contributed by atoms with van der Waals surface area (Å²) in [5, 5.41) is 3.03. The maximum Gasteiger partial charge on any atom is 0.416 e. The van der Waals surface area contributed by atoms with Gasteiger partial charge in [-0.05, 0) is 77.5 Å². The first-order valence-corrected chi connectivity index (χ1v) is 13.8. The summed E-state index contributed by atoms with van der Waals surface area (Å²) in [6.45, 7) is 8.44. The number of fused-ring (bicyclic) bond motifs is 1. The van der Waals surface area contributed by atoms with Crippen molar-refractivity contribution in [3.8, 4) is 17.0 Å². The van der Waals surface area contributed by atoms with Crippen LogP contribution < -0.4 is 10.1 Å². The van der Waals surface area contributed by atoms with Gasteiger partial charge < -0.3 is 24.7 Å². The zero-order valence-electron chi connectivity index (χ0n) is 23.5. The van der Waals surface area contributed by atoms with Gasteiger partial charge in [-0.15, -0.1) is 0 Å². The number of hydrogen-bond donors (Lipinski definition) is 2. The van der Waals surface area contributed by atoms with E-state index in [2.05, 4.69) is 20.3 Å². The largest absolute Gasteiger partial charge is 0.493 e. The Bertz CT molecular complexity index is 1450. The fourth-order valence-corrected chi connectivity index (χ4v) is 4.90. The Morgan fingerprint density at radius 2 is 1.80 bits per heavy atom. The molecule has 0 radical (unpaired) electrons. The van der Waals surface area contributed by atoms with Gasteiger partial charge in [-0.3, -0.25) is 4.79 Å². The minimum atomic E-state index is -4.55. The van der Waals surface area contributed by atoms with E-state index in [0.717, 1.165) is 25.0 Å². The first kappa shape index (κ1) is 28.7. The van der Waals surface area contributed by atoms with Crippen LogP contribution >= 0.6 is 0 Å². The van der Waals surface area contributed by atoms with Crippen molar-refractivity contribution in [1.29, 1.82) is 0 Å². The van der Waals surface area contributed by atoms with E-state index in [1.54, 1.807) is 11.8 Å². The van der Waals surface area contributed by atoms with Crippen molar-refractivity contribution < 1.29 is 32.2 Å². The number of carbonyl (C=O) groups excluding carboxylic acids is 2. The number of ether oxygens (including phenoxy) is 2. The molecule has 2 N–H and O–H groups in total. The summed E-state index contributed by atoms with van der Waals surface area (Å²) in [4.78, 5) is 39.2. The SMILES string of the molecule is Cc1[nH]c2c(-c3cc(C(F)(F)F)ccc3OCC3CC3)ncnc2c1C(=O)NC1CCN(C(=O)OC(C)(C)C)CC1. The summed E-state index contributed by atoms with van der Waals surface area (Å²) in [6.07, 6.45) is -0.521. The third-order valence-corrected chi connectivity index (χ3v) is 7.21. The first-order valence-electron chi connectivity index (χ1n) is 13.8. The molecule has 2 amide bonds. The summed E-state index contributed by atoms with van der Waals surface area (Å²) in [5.74, 6) is 0.331. The van der Waals surface area contributed by atoms with Gasteiger partial charge >= 0.3 is 12.3 Å². The summed E-state index contributed by atoms with van der Waals surface area (Å²) in [7, 11) is 0. The second-order valence-corrected chi connectivity index (χ2v) is 11.7. The van der Waals surface area contributed by atoms with Crippen LogP contribution in [0.4, 0.5) is 18.0 Å². The fourth-order valence-electron chi connectivity index (χ4n) is 4.90. The number of rotatable bonds is 6. The van der Waals surface area contributed by atoms with Crippen LogP contribution in [0.2, 0.25) is 0 Å². The van der Waals surface area contributed by atoms with Crippen molar-refractivity contribution >= 4 is 23.0 Å². The Hall–Kier alpha value is -3.83. The standard InChI is InChI=1S/C29H34F3N5O4/c1-16-22(26(38)36-19-9-11-37(12-10-19)27(39)41-28(2,3)4)24-25(35-16)23(33-15-34-24)20-13-18(29(30,31)32)7-8-21(20)40-14-17-5-6-17/h7-8,13,15,17,19,35H,5-6,9-12,14H2,1-4H3,(H,36,38). The monoisotopic (exact) mass is 573 g/mol. The maximum atomic E-state index is 13.6. The van der Waals surface area contributed by atoms with Crippen LogP contribution in [0.15, 0.2) is 24.5 Å². The molecule has 3 heterocycles. The lowest BCUT2D eigenvalue weighted by molar-refractivity contribution is -0.137. The zero-order valence-corrected chi connectivity index (χ0v) is 23.5. The van der Waals surface area contributed by atoms with Gasteiger partial charge in [-0.2, -0.15) is 13.2 Å². The molecule has 5 rings (SSSR count). The number of H-pyrrole nitrogens is 1. The molecule has 1 aliphatic heterocycles. The normalized spacial score (nSPS) is 16.6. The number of nitrogens with one attached hydrogen (secondary N) is 2. The van der Waals surface area contributed by atoms with Crippen LogP contribution in [0.25, 0.3) is 22.3 Å². The van der Waals surface area contributed by atoms with Crippen LogP contribution in [-0.2, 0) is 10.9 Å². The molecule has 2 aromatic heterocycles. The van der Waals surface area contributed by atoms with Crippen LogP contribution in [-0.4, -0.2) is 63.2 Å². The van der Waals surface area contributed by atoms with Crippen molar-refractivity contribution in [3.05, 3.63) is 41.3 Å².